The molecule has 0 heterocycles. The summed E-state index contributed by atoms with van der Waals surface area (Å²) >= 11 is 0. The quantitative estimate of drug-likeness (QED) is 0.429. The van der Waals surface area contributed by atoms with Gasteiger partial charge in [0.2, 0.25) is 0 Å². The van der Waals surface area contributed by atoms with Crippen molar-refractivity contribution in [1.29, 1.82) is 0 Å². The van der Waals surface area contributed by atoms with E-state index in [0.29, 0.717) is 0 Å². The van der Waals surface area contributed by atoms with Gasteiger partial charge in [0, 0.05) is 0 Å². The van der Waals surface area contributed by atoms with Crippen LogP contribution in [0, 0.1) is 0 Å². The van der Waals surface area contributed by atoms with Gasteiger partial charge in [-0.15, -0.1) is 0 Å². The lowest BCUT2D eigenvalue weighted by Crippen LogP contribution is -1.15. The minimum Gasteiger partial charge on any atom is -0.234 e. The highest BCUT2D eigenvalue weighted by Crippen LogP contribution is 0.900. The van der Waals surface area contributed by atoms with Gasteiger partial charge in [-0.3, -0.25) is 0 Å². The highest BCUT2D eigenvalue weighted by atomic mass is 16.1. The Kier molecular flexibility index (Phi) is 174. The first kappa shape index (κ1) is 15.7. The van der Waals surface area contributed by atoms with Gasteiger partial charge >= 0.3 is 0 Å². The van der Waals surface area contributed by atoms with E-state index in [0.717, 1.165) is 0 Å². The molecule has 9 heavy (non-hydrogen) atoms. The molecule has 0 atom stereocenters. The second kappa shape index (κ2) is 99.7. The molecule has 0 aromatic carbocycles. The molecule has 0 amide bonds. The van der Waals surface area contributed by atoms with Gasteiger partial charge in [-0.1, -0.05) is 0 Å². The van der Waals surface area contributed by atoms with Crippen LogP contribution in [0.25, 0.3) is 0 Å². The Morgan fingerprint density at radius 1 is 0.667 bits per heavy atom. The average molecular weight is 126 g/mol. The number of hydrogen-bond acceptors (Lipinski definition) is 3. The topological polar surface area (TPSA) is 51.2 Å². The molecule has 0 unspecified atom stereocenters. The van der Waals surface area contributed by atoms with E-state index in [1.165, 1.54) is 17.8 Å². The normalized spacial score (nSPS) is 2.67. The van der Waals surface area contributed by atoms with Crippen molar-refractivity contribution >= 4 is 17.8 Å². The van der Waals surface area contributed by atoms with Gasteiger partial charge in [-0.25, -0.2) is 14.4 Å². The van der Waals surface area contributed by atoms with Gasteiger partial charge in [-0.05, 0) is 19.7 Å². The third kappa shape index (κ3) is 44.1. The van der Waals surface area contributed by atoms with Crippen molar-refractivity contribution in [1.82, 2.24) is 0 Å². The van der Waals surface area contributed by atoms with Gasteiger partial charge in [0.15, 0.2) is 0 Å². The minimum atomic E-state index is 1.25. The smallest absolute Gasteiger partial charge is 0.116 e. The Morgan fingerprint density at radius 2 is 0.667 bits per heavy atom. The van der Waals surface area contributed by atoms with Crippen LogP contribution < -0.4 is 0 Å². The van der Waals surface area contributed by atoms with E-state index < -0.39 is 0 Å². The summed E-state index contributed by atoms with van der Waals surface area (Å²) in [6.07, 6.45) is 0. The Balaban J connectivity index is -0.0000000600. The second-order valence-corrected chi connectivity index (χ2v) is 0.433. The van der Waals surface area contributed by atoms with Crippen molar-refractivity contribution < 1.29 is 14.4 Å². The first-order valence-electron chi connectivity index (χ1n) is 1.67. The third-order valence-corrected chi connectivity index (χ3v) is 0. The van der Waals surface area contributed by atoms with Crippen LogP contribution in [0.2, 0.25) is 0 Å². The van der Waals surface area contributed by atoms with Gasteiger partial charge in [0.25, 0.3) is 0 Å². The monoisotopic (exact) mass is 126 g/mol. The molecular formula is C6H6O3. The molecule has 0 saturated heterocycles. The molecule has 0 aliphatic rings. The first-order valence-corrected chi connectivity index (χ1v) is 1.67. The molecule has 0 aromatic heterocycles. The molecule has 0 rings (SSSR count). The Labute approximate surface area is 53.0 Å². The van der Waals surface area contributed by atoms with Crippen LogP contribution in [0.4, 0.5) is 0 Å². The van der Waals surface area contributed by atoms with E-state index in [4.69, 9.17) is 14.4 Å². The summed E-state index contributed by atoms with van der Waals surface area (Å²) in [5.41, 5.74) is 0. The third-order valence-electron chi connectivity index (χ3n) is 0. The average Bonchev–Trinajstić information content (AvgIpc) is 1.70. The molecule has 0 bridgehead atoms. The molecule has 0 fully saturated rings. The molecule has 3 nitrogen and oxygen atoms in total. The van der Waals surface area contributed by atoms with Crippen molar-refractivity contribution in [2.45, 2.75) is 0 Å². The van der Waals surface area contributed by atoms with Crippen LogP contribution in [-0.4, -0.2) is 17.8 Å². The lowest BCUT2D eigenvalue weighted by Gasteiger charge is -1.02. The van der Waals surface area contributed by atoms with Crippen LogP contribution in [0.5, 0.6) is 0 Å². The zero-order valence-corrected chi connectivity index (χ0v) is 4.85. The van der Waals surface area contributed by atoms with Crippen LogP contribution in [-0.2, 0) is 14.4 Å². The fraction of sp³-hybridized carbons (Fsp3) is 0. The Morgan fingerprint density at radius 3 is 0.667 bits per heavy atom. The predicted octanol–water partition coefficient (Wildman–Crippen LogP) is 0.0120. The summed E-state index contributed by atoms with van der Waals surface area (Å²) in [5, 5.41) is 0. The van der Waals surface area contributed by atoms with Gasteiger partial charge in [0.05, 0.1) is 0 Å². The highest BCUT2D eigenvalue weighted by molar-refractivity contribution is 5.39. The summed E-state index contributed by atoms with van der Waals surface area (Å²) in [6, 6.07) is 0. The van der Waals surface area contributed by atoms with Crippen molar-refractivity contribution in [3.8, 4) is 0 Å². The lowest BCUT2D eigenvalue weighted by molar-refractivity contribution is 0.569. The van der Waals surface area contributed by atoms with E-state index in [-0.39, 0.29) is 0 Å². The maximum atomic E-state index is 8.57. The van der Waals surface area contributed by atoms with E-state index in [2.05, 4.69) is 19.7 Å². The van der Waals surface area contributed by atoms with E-state index >= 15 is 0 Å². The van der Waals surface area contributed by atoms with Crippen molar-refractivity contribution in [2.24, 2.45) is 0 Å². The van der Waals surface area contributed by atoms with Crippen LogP contribution in [0.3, 0.4) is 0 Å². The van der Waals surface area contributed by atoms with E-state index in [9.17, 15) is 0 Å². The van der Waals surface area contributed by atoms with E-state index in [1.54, 1.807) is 0 Å². The first-order chi connectivity index (χ1) is 4.24. The zero-order valence-electron chi connectivity index (χ0n) is 4.85. The fourth-order valence-electron chi connectivity index (χ4n) is 0. The Bertz CT molecular complexity index is 99.9. The molecular weight excluding hydrogens is 120 g/mol. The van der Waals surface area contributed by atoms with Crippen molar-refractivity contribution in [3.63, 3.8) is 0 Å². The SMILES string of the molecule is C=C=O.C=C=O.C=C=O. The maximum absolute atomic E-state index is 8.57. The molecule has 0 radical (unpaired) electrons. The molecule has 48 valence electrons. The van der Waals surface area contributed by atoms with E-state index in [1.807, 2.05) is 0 Å². The zero-order chi connectivity index (χ0) is 8.12. The maximum Gasteiger partial charge on any atom is 0.116 e. The molecule has 0 saturated carbocycles. The summed E-state index contributed by atoms with van der Waals surface area (Å²) in [7, 11) is 0. The number of carbonyl (C=O) groups excluding carboxylic acids is 3. The Hall–Kier alpha value is -1.65. The molecule has 3 heteroatoms. The van der Waals surface area contributed by atoms with Gasteiger partial charge in [0.1, 0.15) is 17.8 Å². The largest absolute Gasteiger partial charge is 0.234 e. The standard InChI is InChI=1S/3C2H2O/c3*1-2-3/h3*1H2. The van der Waals surface area contributed by atoms with Crippen LogP contribution >= 0.6 is 0 Å². The summed E-state index contributed by atoms with van der Waals surface area (Å²) in [5.74, 6) is 3.75. The van der Waals surface area contributed by atoms with Crippen LogP contribution in [0.15, 0.2) is 19.7 Å². The predicted molar refractivity (Wildman–Crippen MR) is 34.0 cm³/mol. The summed E-state index contributed by atoms with van der Waals surface area (Å²) in [6.45, 7) is 8.04. The lowest BCUT2D eigenvalue weighted by atomic mass is 11.2. The number of hydrogen-bond donors (Lipinski definition) is 0. The van der Waals surface area contributed by atoms with Crippen LogP contribution in [0.1, 0.15) is 0 Å². The van der Waals surface area contributed by atoms with Crippen molar-refractivity contribution in [3.05, 3.63) is 19.7 Å². The fourth-order valence-corrected chi connectivity index (χ4v) is 0. The van der Waals surface area contributed by atoms with Crippen molar-refractivity contribution in [2.75, 3.05) is 0 Å². The molecule has 0 aliphatic carbocycles. The molecule has 0 aliphatic heterocycles. The number of rotatable bonds is 0. The molecule has 0 N–H and O–H groups in total. The highest BCUT2D eigenvalue weighted by Gasteiger charge is 1.01. The molecule has 0 spiro atoms. The second-order valence-electron chi connectivity index (χ2n) is 0.433. The minimum absolute atomic E-state index is 1.25. The van der Waals surface area contributed by atoms with Gasteiger partial charge in [-0.2, -0.15) is 0 Å². The summed E-state index contributed by atoms with van der Waals surface area (Å²) in [4.78, 5) is 25.7. The summed E-state index contributed by atoms with van der Waals surface area (Å²) < 4.78 is 0. The molecule has 0 aromatic rings. The van der Waals surface area contributed by atoms with Gasteiger partial charge < -0.3 is 0 Å².